The number of nitrogens with zero attached hydrogens (tertiary/aromatic N) is 7. The number of aromatic nitrogens is 6. The Hall–Kier alpha value is -3.85. The predicted molar refractivity (Wildman–Crippen MR) is 120 cm³/mol. The maximum Gasteiger partial charge on any atom is 0.255 e. The zero-order valence-corrected chi connectivity index (χ0v) is 17.9. The summed E-state index contributed by atoms with van der Waals surface area (Å²) in [6.45, 7) is 3.76. The van der Waals surface area contributed by atoms with E-state index in [0.29, 0.717) is 37.0 Å². The third kappa shape index (κ3) is 3.78. The highest BCUT2D eigenvalue weighted by molar-refractivity contribution is 5.55. The molecule has 0 saturated carbocycles. The van der Waals surface area contributed by atoms with E-state index in [4.69, 9.17) is 9.72 Å². The lowest BCUT2D eigenvalue weighted by molar-refractivity contribution is 0.0390. The van der Waals surface area contributed by atoms with Crippen molar-refractivity contribution in [3.05, 3.63) is 83.1 Å². The minimum absolute atomic E-state index is 0.124. The highest BCUT2D eigenvalue weighted by Gasteiger charge is 2.25. The van der Waals surface area contributed by atoms with Gasteiger partial charge in [0.2, 0.25) is 5.95 Å². The van der Waals surface area contributed by atoms with Crippen LogP contribution in [0.5, 0.6) is 0 Å². The molecule has 1 saturated heterocycles. The summed E-state index contributed by atoms with van der Waals surface area (Å²) in [5.41, 5.74) is 3.15. The molecule has 0 radical (unpaired) electrons. The Morgan fingerprint density at radius 3 is 2.62 bits per heavy atom. The van der Waals surface area contributed by atoms with Gasteiger partial charge in [0.25, 0.3) is 5.56 Å². The lowest BCUT2D eigenvalue weighted by atomic mass is 10.1. The van der Waals surface area contributed by atoms with Gasteiger partial charge in [-0.15, -0.1) is 0 Å². The Morgan fingerprint density at radius 1 is 1.06 bits per heavy atom. The van der Waals surface area contributed by atoms with Gasteiger partial charge in [0.05, 0.1) is 24.5 Å². The van der Waals surface area contributed by atoms with Gasteiger partial charge in [0.1, 0.15) is 18.3 Å². The van der Waals surface area contributed by atoms with Gasteiger partial charge in [0.15, 0.2) is 0 Å². The molecule has 0 aliphatic carbocycles. The summed E-state index contributed by atoms with van der Waals surface area (Å²) in [5, 5.41) is 0. The van der Waals surface area contributed by atoms with Crippen LogP contribution in [0.3, 0.4) is 0 Å². The van der Waals surface area contributed by atoms with Crippen molar-refractivity contribution in [1.29, 1.82) is 0 Å². The largest absolute Gasteiger partial charge is 0.370 e. The summed E-state index contributed by atoms with van der Waals surface area (Å²) in [6, 6.07) is 11.5. The number of aryl methyl sites for hydroxylation is 1. The third-order valence-corrected chi connectivity index (χ3v) is 5.67. The Bertz CT molecular complexity index is 1280. The molecule has 5 rings (SSSR count). The van der Waals surface area contributed by atoms with Gasteiger partial charge >= 0.3 is 0 Å². The second-order valence-electron chi connectivity index (χ2n) is 7.67. The van der Waals surface area contributed by atoms with Gasteiger partial charge in [0, 0.05) is 43.9 Å². The maximum absolute atomic E-state index is 12.6. The third-order valence-electron chi connectivity index (χ3n) is 5.67. The molecule has 32 heavy (non-hydrogen) atoms. The summed E-state index contributed by atoms with van der Waals surface area (Å²) < 4.78 is 9.66. The fourth-order valence-electron chi connectivity index (χ4n) is 3.92. The Labute approximate surface area is 185 Å². The quantitative estimate of drug-likeness (QED) is 0.492. The van der Waals surface area contributed by atoms with Crippen molar-refractivity contribution in [2.75, 3.05) is 24.6 Å². The molecule has 1 atom stereocenters. The highest BCUT2D eigenvalue weighted by Crippen LogP contribution is 2.26. The number of hydrogen-bond donors (Lipinski definition) is 0. The summed E-state index contributed by atoms with van der Waals surface area (Å²) in [7, 11) is 1.74. The van der Waals surface area contributed by atoms with Crippen molar-refractivity contribution >= 4 is 5.95 Å². The number of anilines is 1. The monoisotopic (exact) mass is 429 g/mol. The molecule has 1 aliphatic heterocycles. The molecule has 1 aromatic carbocycles. The van der Waals surface area contributed by atoms with Crippen molar-refractivity contribution in [2.45, 2.75) is 13.0 Å². The van der Waals surface area contributed by atoms with Gasteiger partial charge in [-0.1, -0.05) is 12.1 Å². The van der Waals surface area contributed by atoms with E-state index >= 15 is 0 Å². The molecular formula is C23H23N7O2. The van der Waals surface area contributed by atoms with Crippen molar-refractivity contribution in [3.8, 4) is 17.1 Å². The second kappa shape index (κ2) is 8.35. The molecule has 4 aromatic rings. The molecule has 0 spiro atoms. The minimum atomic E-state index is -0.133. The molecule has 3 aromatic heterocycles. The number of imidazole rings is 1. The topological polar surface area (TPSA) is 91.0 Å². The molecule has 4 heterocycles. The van der Waals surface area contributed by atoms with Crippen molar-refractivity contribution in [1.82, 2.24) is 29.1 Å². The molecule has 0 bridgehead atoms. The molecule has 162 valence electrons. The summed E-state index contributed by atoms with van der Waals surface area (Å²) in [5.74, 6) is 1.54. The molecule has 0 N–H and O–H groups in total. The van der Waals surface area contributed by atoms with Crippen LogP contribution in [0.4, 0.5) is 5.95 Å². The summed E-state index contributed by atoms with van der Waals surface area (Å²) in [4.78, 5) is 31.9. The van der Waals surface area contributed by atoms with Gasteiger partial charge in [-0.05, 0) is 30.7 Å². The van der Waals surface area contributed by atoms with E-state index in [2.05, 4.69) is 44.1 Å². The van der Waals surface area contributed by atoms with E-state index in [1.165, 1.54) is 12.4 Å². The van der Waals surface area contributed by atoms with Crippen molar-refractivity contribution in [2.24, 2.45) is 7.05 Å². The Kier molecular flexibility index (Phi) is 5.24. The average molecular weight is 429 g/mol. The first-order valence-corrected chi connectivity index (χ1v) is 10.4. The van der Waals surface area contributed by atoms with Crippen LogP contribution in [0.1, 0.15) is 17.5 Å². The van der Waals surface area contributed by atoms with Crippen LogP contribution in [0.15, 0.2) is 66.1 Å². The molecule has 1 unspecified atom stereocenters. The van der Waals surface area contributed by atoms with Crippen LogP contribution in [0, 0.1) is 6.92 Å². The van der Waals surface area contributed by atoms with Crippen LogP contribution < -0.4 is 10.5 Å². The number of ether oxygens (including phenoxy) is 1. The number of benzene rings is 1. The number of hydrogen-bond acceptors (Lipinski definition) is 7. The fourth-order valence-corrected chi connectivity index (χ4v) is 3.92. The van der Waals surface area contributed by atoms with E-state index in [1.807, 2.05) is 17.7 Å². The smallest absolute Gasteiger partial charge is 0.255 e. The van der Waals surface area contributed by atoms with Crippen LogP contribution in [0.2, 0.25) is 0 Å². The molecule has 1 aliphatic rings. The molecule has 9 heteroatoms. The molecule has 0 amide bonds. The normalized spacial score (nSPS) is 16.3. The minimum Gasteiger partial charge on any atom is -0.370 e. The molecule has 9 nitrogen and oxygen atoms in total. The van der Waals surface area contributed by atoms with Gasteiger partial charge in [-0.3, -0.25) is 9.36 Å². The van der Waals surface area contributed by atoms with E-state index in [-0.39, 0.29) is 11.7 Å². The predicted octanol–water partition coefficient (Wildman–Crippen LogP) is 2.31. The zero-order chi connectivity index (χ0) is 22.1. The van der Waals surface area contributed by atoms with Crippen LogP contribution >= 0.6 is 0 Å². The first-order valence-electron chi connectivity index (χ1n) is 10.4. The standard InChI is InChI=1S/C23H23N7O2/c1-16-25-9-10-30(16)18-5-3-17(4-6-18)21-14-29(11-12-32-21)23-27-20(13-22(31)28(23)2)19-7-8-24-15-26-19/h3-10,13,15,21H,11-12,14H2,1-2H3. The molecular weight excluding hydrogens is 406 g/mol. The first kappa shape index (κ1) is 20.1. The molecule has 1 fully saturated rings. The SMILES string of the molecule is Cc1nccn1-c1ccc(C2CN(c3nc(-c4ccncn4)cc(=O)n3C)CCO2)cc1. The van der Waals surface area contributed by atoms with Gasteiger partial charge in [-0.2, -0.15) is 0 Å². The van der Waals surface area contributed by atoms with Gasteiger partial charge < -0.3 is 14.2 Å². The number of rotatable bonds is 4. The lowest BCUT2D eigenvalue weighted by Gasteiger charge is -2.34. The second-order valence-corrected chi connectivity index (χ2v) is 7.67. The average Bonchev–Trinajstić information content (AvgIpc) is 3.27. The van der Waals surface area contributed by atoms with Crippen LogP contribution in [-0.2, 0) is 11.8 Å². The highest BCUT2D eigenvalue weighted by atomic mass is 16.5. The van der Waals surface area contributed by atoms with E-state index in [9.17, 15) is 4.79 Å². The van der Waals surface area contributed by atoms with Gasteiger partial charge in [-0.25, -0.2) is 19.9 Å². The van der Waals surface area contributed by atoms with Crippen LogP contribution in [0.25, 0.3) is 17.1 Å². The Morgan fingerprint density at radius 2 is 1.91 bits per heavy atom. The fraction of sp³-hybridized carbons (Fsp3) is 0.261. The number of morpholine rings is 1. The Balaban J connectivity index is 1.41. The maximum atomic E-state index is 12.6. The summed E-state index contributed by atoms with van der Waals surface area (Å²) >= 11 is 0. The van der Waals surface area contributed by atoms with Crippen molar-refractivity contribution < 1.29 is 4.74 Å². The first-order chi connectivity index (χ1) is 15.6. The van der Waals surface area contributed by atoms with Crippen molar-refractivity contribution in [3.63, 3.8) is 0 Å². The van der Waals surface area contributed by atoms with E-state index in [1.54, 1.807) is 30.1 Å². The van der Waals surface area contributed by atoms with E-state index in [0.717, 1.165) is 17.1 Å². The summed E-state index contributed by atoms with van der Waals surface area (Å²) in [6.07, 6.45) is 6.70. The zero-order valence-electron chi connectivity index (χ0n) is 17.9. The van der Waals surface area contributed by atoms with Crippen LogP contribution in [-0.4, -0.2) is 48.8 Å². The lowest BCUT2D eigenvalue weighted by Crippen LogP contribution is -2.41. The van der Waals surface area contributed by atoms with E-state index < -0.39 is 0 Å².